The molecule has 0 radical (unpaired) electrons. The lowest BCUT2D eigenvalue weighted by molar-refractivity contribution is -0.132. The number of hydrogen-bond acceptors (Lipinski definition) is 3. The van der Waals surface area contributed by atoms with Crippen LogP contribution in [0.5, 0.6) is 0 Å². The van der Waals surface area contributed by atoms with Gasteiger partial charge in [-0.3, -0.25) is 9.59 Å². The van der Waals surface area contributed by atoms with Gasteiger partial charge in [-0.25, -0.2) is 0 Å². The maximum absolute atomic E-state index is 13.8. The molecule has 2 heterocycles. The number of benzene rings is 2. The highest BCUT2D eigenvalue weighted by atomic mass is 16.2. The fourth-order valence-electron chi connectivity index (χ4n) is 5.08. The number of likely N-dealkylation sites (N-methyl/N-ethyl adjacent to an activating group) is 1. The Kier molecular flexibility index (Phi) is 5.10. The summed E-state index contributed by atoms with van der Waals surface area (Å²) in [6.07, 6.45) is 7.59. The largest absolute Gasteiger partial charge is 0.350 e. The van der Waals surface area contributed by atoms with Gasteiger partial charge in [0, 0.05) is 48.0 Å². The van der Waals surface area contributed by atoms with Crippen LogP contribution in [0.4, 0.5) is 5.69 Å². The number of piperidine rings is 1. The first kappa shape index (κ1) is 20.8. The first-order chi connectivity index (χ1) is 16.0. The van der Waals surface area contributed by atoms with Crippen molar-refractivity contribution in [3.8, 4) is 6.07 Å². The van der Waals surface area contributed by atoms with E-state index >= 15 is 0 Å². The summed E-state index contributed by atoms with van der Waals surface area (Å²) < 4.78 is 2.04. The highest BCUT2D eigenvalue weighted by Crippen LogP contribution is 2.45. The van der Waals surface area contributed by atoms with Crippen molar-refractivity contribution < 1.29 is 9.59 Å². The number of aryl methyl sites for hydroxylation is 1. The lowest BCUT2D eigenvalue weighted by Gasteiger charge is -2.42. The number of nitriles is 1. The first-order valence-corrected chi connectivity index (χ1v) is 11.0. The number of para-hydroxylation sites is 1. The molecule has 33 heavy (non-hydrogen) atoms. The molecule has 1 aromatic heterocycles. The molecule has 6 heteroatoms. The van der Waals surface area contributed by atoms with E-state index in [1.54, 1.807) is 36.2 Å². The van der Waals surface area contributed by atoms with Gasteiger partial charge in [0.25, 0.3) is 5.91 Å². The SMILES string of the molecule is CN1C(=O)C2=CCCC=C2C(C(=O)Nc2cccc(C#N)c2)C1c1cn(C)c2ccccc12. The Morgan fingerprint density at radius 3 is 2.70 bits per heavy atom. The van der Waals surface area contributed by atoms with Crippen molar-refractivity contribution in [3.63, 3.8) is 0 Å². The smallest absolute Gasteiger partial charge is 0.254 e. The van der Waals surface area contributed by atoms with Crippen molar-refractivity contribution in [3.05, 3.63) is 89.2 Å². The van der Waals surface area contributed by atoms with Crippen LogP contribution in [0.15, 0.2) is 78.0 Å². The number of nitrogens with one attached hydrogen (secondary N) is 1. The van der Waals surface area contributed by atoms with Crippen LogP contribution in [0.25, 0.3) is 10.9 Å². The Labute approximate surface area is 192 Å². The monoisotopic (exact) mass is 436 g/mol. The quantitative estimate of drug-likeness (QED) is 0.658. The molecule has 0 saturated carbocycles. The third kappa shape index (κ3) is 3.42. The molecule has 1 saturated heterocycles. The summed E-state index contributed by atoms with van der Waals surface area (Å²) in [7, 11) is 3.75. The van der Waals surface area contributed by atoms with E-state index in [9.17, 15) is 14.9 Å². The van der Waals surface area contributed by atoms with Crippen LogP contribution in [0.2, 0.25) is 0 Å². The second kappa shape index (κ2) is 8.10. The molecule has 1 N–H and O–H groups in total. The van der Waals surface area contributed by atoms with E-state index in [-0.39, 0.29) is 11.8 Å². The van der Waals surface area contributed by atoms with Crippen LogP contribution in [0.1, 0.15) is 30.0 Å². The van der Waals surface area contributed by atoms with Crippen molar-refractivity contribution in [1.82, 2.24) is 9.47 Å². The summed E-state index contributed by atoms with van der Waals surface area (Å²) in [5.74, 6) is -0.827. The highest BCUT2D eigenvalue weighted by Gasteiger charge is 2.46. The van der Waals surface area contributed by atoms with E-state index in [1.165, 1.54) is 0 Å². The molecule has 1 fully saturated rings. The number of rotatable bonds is 3. The molecule has 2 aromatic carbocycles. The lowest BCUT2D eigenvalue weighted by atomic mass is 9.75. The number of nitrogens with zero attached hydrogens (tertiary/aromatic N) is 3. The maximum atomic E-state index is 13.8. The fourth-order valence-corrected chi connectivity index (χ4v) is 5.08. The minimum absolute atomic E-state index is 0.0607. The Hall–Kier alpha value is -4.11. The number of carbonyl (C=O) groups is 2. The van der Waals surface area contributed by atoms with Gasteiger partial charge in [-0.1, -0.05) is 36.4 Å². The molecule has 164 valence electrons. The number of likely N-dealkylation sites (tertiary alicyclic amines) is 1. The van der Waals surface area contributed by atoms with Gasteiger partial charge in [0.1, 0.15) is 0 Å². The van der Waals surface area contributed by atoms with Crippen molar-refractivity contribution in [2.75, 3.05) is 12.4 Å². The molecule has 3 aromatic rings. The molecule has 2 amide bonds. The number of anilines is 1. The summed E-state index contributed by atoms with van der Waals surface area (Å²) in [6.45, 7) is 0. The van der Waals surface area contributed by atoms with Gasteiger partial charge < -0.3 is 14.8 Å². The number of fused-ring (bicyclic) bond motifs is 2. The van der Waals surface area contributed by atoms with Crippen LogP contribution in [-0.2, 0) is 16.6 Å². The second-order valence-electron chi connectivity index (χ2n) is 8.59. The minimum Gasteiger partial charge on any atom is -0.350 e. The maximum Gasteiger partial charge on any atom is 0.254 e. The van der Waals surface area contributed by atoms with Crippen LogP contribution in [0.3, 0.4) is 0 Å². The molecular weight excluding hydrogens is 412 g/mol. The van der Waals surface area contributed by atoms with Gasteiger partial charge in [0.2, 0.25) is 5.91 Å². The van der Waals surface area contributed by atoms with Crippen molar-refractivity contribution in [2.24, 2.45) is 13.0 Å². The molecule has 0 bridgehead atoms. The molecule has 2 aliphatic rings. The molecule has 1 aliphatic carbocycles. The van der Waals surface area contributed by atoms with E-state index in [0.29, 0.717) is 16.8 Å². The summed E-state index contributed by atoms with van der Waals surface area (Å²) in [6, 6.07) is 16.6. The normalized spacial score (nSPS) is 20.0. The van der Waals surface area contributed by atoms with Gasteiger partial charge in [0.15, 0.2) is 0 Å². The van der Waals surface area contributed by atoms with Gasteiger partial charge in [0.05, 0.1) is 23.6 Å². The van der Waals surface area contributed by atoms with Gasteiger partial charge >= 0.3 is 0 Å². The van der Waals surface area contributed by atoms with E-state index in [2.05, 4.69) is 11.4 Å². The minimum atomic E-state index is -0.573. The second-order valence-corrected chi connectivity index (χ2v) is 8.59. The molecule has 1 aliphatic heterocycles. The van der Waals surface area contributed by atoms with Crippen LogP contribution >= 0.6 is 0 Å². The number of hydrogen-bond donors (Lipinski definition) is 1. The molecular formula is C27H24N4O2. The molecule has 2 unspecified atom stereocenters. The molecule has 5 rings (SSSR count). The predicted octanol–water partition coefficient (Wildman–Crippen LogP) is 4.46. The molecule has 6 nitrogen and oxygen atoms in total. The standard InChI is InChI=1S/C27H24N4O2/c1-30-16-22(19-10-5-6-13-23(19)30)25-24(20-11-3-4-12-21(20)27(33)31(25)2)26(32)29-18-9-7-8-17(14-18)15-28/h5-14,16,24-25H,3-4H2,1-2H3,(H,29,32). The zero-order chi connectivity index (χ0) is 23.1. The average Bonchev–Trinajstić information content (AvgIpc) is 3.17. The van der Waals surface area contributed by atoms with E-state index in [1.807, 2.05) is 54.2 Å². The zero-order valence-electron chi connectivity index (χ0n) is 18.6. The van der Waals surface area contributed by atoms with E-state index in [4.69, 9.17) is 0 Å². The average molecular weight is 437 g/mol. The van der Waals surface area contributed by atoms with Crippen molar-refractivity contribution >= 4 is 28.4 Å². The number of aromatic nitrogens is 1. The predicted molar refractivity (Wildman–Crippen MR) is 127 cm³/mol. The third-order valence-electron chi connectivity index (χ3n) is 6.60. The Morgan fingerprint density at radius 2 is 1.88 bits per heavy atom. The third-order valence-corrected chi connectivity index (χ3v) is 6.60. The zero-order valence-corrected chi connectivity index (χ0v) is 18.6. The van der Waals surface area contributed by atoms with Gasteiger partial charge in [-0.05, 0) is 42.7 Å². The first-order valence-electron chi connectivity index (χ1n) is 11.0. The summed E-state index contributed by atoms with van der Waals surface area (Å²) in [5.41, 5.74) is 4.44. The lowest BCUT2D eigenvalue weighted by Crippen LogP contribution is -2.47. The highest BCUT2D eigenvalue weighted by molar-refractivity contribution is 6.06. The Bertz CT molecular complexity index is 1390. The number of carbonyl (C=O) groups excluding carboxylic acids is 2. The van der Waals surface area contributed by atoms with Gasteiger partial charge in [-0.15, -0.1) is 0 Å². The number of allylic oxidation sites excluding steroid dienone is 2. The van der Waals surface area contributed by atoms with Crippen molar-refractivity contribution in [1.29, 1.82) is 5.26 Å². The number of amides is 2. The van der Waals surface area contributed by atoms with E-state index in [0.717, 1.165) is 34.9 Å². The Morgan fingerprint density at radius 1 is 1.09 bits per heavy atom. The van der Waals surface area contributed by atoms with E-state index < -0.39 is 12.0 Å². The molecule has 2 atom stereocenters. The Balaban J connectivity index is 1.64. The summed E-state index contributed by atoms with van der Waals surface area (Å²) in [5, 5.41) is 13.3. The van der Waals surface area contributed by atoms with Crippen molar-refractivity contribution in [2.45, 2.75) is 18.9 Å². The summed E-state index contributed by atoms with van der Waals surface area (Å²) >= 11 is 0. The fraction of sp³-hybridized carbons (Fsp3) is 0.222. The van der Waals surface area contributed by atoms with Crippen LogP contribution < -0.4 is 5.32 Å². The molecule has 0 spiro atoms. The topological polar surface area (TPSA) is 78.1 Å². The summed E-state index contributed by atoms with van der Waals surface area (Å²) in [4.78, 5) is 28.8. The van der Waals surface area contributed by atoms with Crippen LogP contribution in [-0.4, -0.2) is 28.3 Å². The van der Waals surface area contributed by atoms with Crippen LogP contribution in [0, 0.1) is 17.2 Å². The van der Waals surface area contributed by atoms with Gasteiger partial charge in [-0.2, -0.15) is 5.26 Å².